The van der Waals surface area contributed by atoms with E-state index in [1.165, 1.54) is 18.4 Å². The zero-order chi connectivity index (χ0) is 21.3. The molecule has 1 aliphatic heterocycles. The van der Waals surface area contributed by atoms with E-state index in [1.807, 2.05) is 49.7 Å². The van der Waals surface area contributed by atoms with Crippen molar-refractivity contribution in [2.45, 2.75) is 18.9 Å². The number of phenolic OH excluding ortho intramolecular Hbond substituents is 1. The molecular weight excluding hydrogens is 400 g/mol. The van der Waals surface area contributed by atoms with Crippen molar-refractivity contribution < 1.29 is 14.6 Å². The van der Waals surface area contributed by atoms with Crippen LogP contribution in [0.4, 0.5) is 10.5 Å². The average Bonchev–Trinajstić information content (AvgIpc) is 3.22. The van der Waals surface area contributed by atoms with E-state index in [0.717, 1.165) is 27.5 Å². The lowest BCUT2D eigenvalue weighted by Gasteiger charge is -2.30. The Morgan fingerprint density at radius 2 is 1.97 bits per heavy atom. The molecule has 2 amide bonds. The molecule has 8 heteroatoms. The summed E-state index contributed by atoms with van der Waals surface area (Å²) in [7, 11) is 3.38. The number of carbonyl (C=O) groups excluding carboxylic acids is 1. The second-order valence-corrected chi connectivity index (χ2v) is 7.88. The van der Waals surface area contributed by atoms with Gasteiger partial charge < -0.3 is 20.5 Å². The largest absolute Gasteiger partial charge is 0.504 e. The Bertz CT molecular complexity index is 1110. The molecule has 0 bridgehead atoms. The first-order valence-electron chi connectivity index (χ1n) is 9.46. The predicted molar refractivity (Wildman–Crippen MR) is 119 cm³/mol. The van der Waals surface area contributed by atoms with E-state index < -0.39 is 12.1 Å². The highest BCUT2D eigenvalue weighted by Gasteiger charge is 2.35. The molecule has 4 rings (SSSR count). The third-order valence-corrected chi connectivity index (χ3v) is 6.09. The Balaban J connectivity index is 1.71. The first-order valence-corrected chi connectivity index (χ1v) is 10.3. The zero-order valence-electron chi connectivity index (χ0n) is 16.8. The van der Waals surface area contributed by atoms with E-state index in [-0.39, 0.29) is 11.7 Å². The number of methoxy groups -OCH3 is 1. The topological polar surface area (TPSA) is 95.8 Å². The van der Waals surface area contributed by atoms with Gasteiger partial charge in [0, 0.05) is 29.4 Å². The van der Waals surface area contributed by atoms with Gasteiger partial charge in [0.15, 0.2) is 11.5 Å². The van der Waals surface area contributed by atoms with E-state index in [1.54, 1.807) is 12.1 Å². The van der Waals surface area contributed by atoms with Crippen LogP contribution in [0.5, 0.6) is 11.5 Å². The van der Waals surface area contributed by atoms with Crippen molar-refractivity contribution in [2.75, 3.05) is 19.5 Å². The van der Waals surface area contributed by atoms with Gasteiger partial charge >= 0.3 is 6.03 Å². The fraction of sp³-hybridized carbons (Fsp3) is 0.227. The molecule has 30 heavy (non-hydrogen) atoms. The minimum atomic E-state index is -0.400. The lowest BCUT2D eigenvalue weighted by molar-refractivity contribution is 0.243. The van der Waals surface area contributed by atoms with Gasteiger partial charge in [0.05, 0.1) is 24.8 Å². The van der Waals surface area contributed by atoms with Crippen LogP contribution >= 0.6 is 11.3 Å². The van der Waals surface area contributed by atoms with E-state index in [9.17, 15) is 9.90 Å². The molecule has 2 atom stereocenters. The maximum absolute atomic E-state index is 12.1. The third-order valence-electron chi connectivity index (χ3n) is 5.16. The Morgan fingerprint density at radius 1 is 1.20 bits per heavy atom. The summed E-state index contributed by atoms with van der Waals surface area (Å²) in [4.78, 5) is 21.1. The lowest BCUT2D eigenvalue weighted by Crippen LogP contribution is -2.38. The minimum absolute atomic E-state index is 0.0209. The predicted octanol–water partition coefficient (Wildman–Crippen LogP) is 4.58. The van der Waals surface area contributed by atoms with Crippen LogP contribution in [0.15, 0.2) is 52.8 Å². The summed E-state index contributed by atoms with van der Waals surface area (Å²) in [6.07, 6.45) is 0. The maximum Gasteiger partial charge on any atom is 0.341 e. The molecule has 154 valence electrons. The van der Waals surface area contributed by atoms with Crippen LogP contribution in [0, 0.1) is 0 Å². The molecule has 2 heterocycles. The second-order valence-electron chi connectivity index (χ2n) is 6.99. The molecule has 0 aliphatic carbocycles. The van der Waals surface area contributed by atoms with Crippen molar-refractivity contribution in [2.24, 2.45) is 4.99 Å². The van der Waals surface area contributed by atoms with Crippen LogP contribution in [0.2, 0.25) is 0 Å². The highest BCUT2D eigenvalue weighted by Crippen LogP contribution is 2.40. The number of anilines is 1. The number of rotatable bonds is 5. The number of phenols is 1. The van der Waals surface area contributed by atoms with Crippen LogP contribution in [0.3, 0.4) is 0 Å². The molecule has 7 nitrogen and oxygen atoms in total. The standard InChI is InChI=1S/C22H22N4O3S/c1-12-19(21-25-16(11-30-21)13-4-7-15(23-2)8-5-13)20(26-22(28)24-12)14-6-9-18(29-3)17(27)10-14/h4-11,19-20,23,27H,1-3H3,(H,26,28). The van der Waals surface area contributed by atoms with E-state index >= 15 is 0 Å². The van der Waals surface area contributed by atoms with Crippen molar-refractivity contribution in [3.05, 3.63) is 58.4 Å². The summed E-state index contributed by atoms with van der Waals surface area (Å²) in [6.45, 7) is 1.84. The van der Waals surface area contributed by atoms with Crippen molar-refractivity contribution in [1.82, 2.24) is 10.3 Å². The Morgan fingerprint density at radius 3 is 2.63 bits per heavy atom. The molecule has 0 fully saturated rings. The SMILES string of the molecule is CNc1ccc(-c2csc(C3C(C)=NC(=O)NC3c3ccc(OC)c(O)c3)n2)cc1. The number of hydrogen-bond donors (Lipinski definition) is 3. The van der Waals surface area contributed by atoms with E-state index in [2.05, 4.69) is 15.6 Å². The summed E-state index contributed by atoms with van der Waals surface area (Å²) in [5, 5.41) is 19.1. The number of nitrogens with zero attached hydrogens (tertiary/aromatic N) is 2. The number of amides is 2. The number of urea groups is 1. The highest BCUT2D eigenvalue weighted by atomic mass is 32.1. The fourth-order valence-corrected chi connectivity index (χ4v) is 4.61. The quantitative estimate of drug-likeness (QED) is 0.560. The van der Waals surface area contributed by atoms with Crippen molar-refractivity contribution >= 4 is 28.8 Å². The summed E-state index contributed by atoms with van der Waals surface area (Å²) in [5.74, 6) is 0.169. The molecule has 2 aromatic carbocycles. The van der Waals surface area contributed by atoms with Gasteiger partial charge in [-0.3, -0.25) is 0 Å². The number of aromatic hydroxyl groups is 1. The number of carbonyl (C=O) groups is 1. The second kappa shape index (κ2) is 8.16. The Hall–Kier alpha value is -3.39. The highest BCUT2D eigenvalue weighted by molar-refractivity contribution is 7.10. The van der Waals surface area contributed by atoms with Crippen LogP contribution < -0.4 is 15.4 Å². The normalized spacial score (nSPS) is 18.5. The molecular formula is C22H22N4O3S. The summed E-state index contributed by atoms with van der Waals surface area (Å²) < 4.78 is 5.13. The van der Waals surface area contributed by atoms with Crippen LogP contribution in [0.1, 0.15) is 29.5 Å². The molecule has 3 aromatic rings. The number of aromatic nitrogens is 1. The molecule has 1 aromatic heterocycles. The van der Waals surface area contributed by atoms with Gasteiger partial charge in [0.25, 0.3) is 0 Å². The smallest absolute Gasteiger partial charge is 0.341 e. The summed E-state index contributed by atoms with van der Waals surface area (Å²) >= 11 is 1.53. The summed E-state index contributed by atoms with van der Waals surface area (Å²) in [6, 6.07) is 12.4. The number of benzene rings is 2. The van der Waals surface area contributed by atoms with Gasteiger partial charge in [0.1, 0.15) is 5.01 Å². The van der Waals surface area contributed by atoms with Crippen molar-refractivity contribution in [3.63, 3.8) is 0 Å². The van der Waals surface area contributed by atoms with Gasteiger partial charge in [-0.15, -0.1) is 11.3 Å². The van der Waals surface area contributed by atoms with Gasteiger partial charge in [-0.1, -0.05) is 18.2 Å². The number of hydrogen-bond acceptors (Lipinski definition) is 6. The number of thiazole rings is 1. The van der Waals surface area contributed by atoms with Crippen molar-refractivity contribution in [1.29, 1.82) is 0 Å². The van der Waals surface area contributed by atoms with Gasteiger partial charge in [-0.25, -0.2) is 14.8 Å². The number of ether oxygens (including phenoxy) is 1. The van der Waals surface area contributed by atoms with Gasteiger partial charge in [-0.2, -0.15) is 0 Å². The van der Waals surface area contributed by atoms with Gasteiger partial charge in [-0.05, 0) is 36.8 Å². The molecule has 0 saturated heterocycles. The van der Waals surface area contributed by atoms with Gasteiger partial charge in [0.2, 0.25) is 0 Å². The molecule has 1 aliphatic rings. The zero-order valence-corrected chi connectivity index (χ0v) is 17.7. The maximum atomic E-state index is 12.1. The molecule has 2 unspecified atom stereocenters. The van der Waals surface area contributed by atoms with E-state index in [0.29, 0.717) is 11.5 Å². The lowest BCUT2D eigenvalue weighted by atomic mass is 9.88. The van der Waals surface area contributed by atoms with Crippen LogP contribution in [-0.4, -0.2) is 36.0 Å². The van der Waals surface area contributed by atoms with Crippen molar-refractivity contribution in [3.8, 4) is 22.8 Å². The Labute approximate surface area is 178 Å². The molecule has 3 N–H and O–H groups in total. The monoisotopic (exact) mass is 422 g/mol. The third kappa shape index (κ3) is 3.73. The fourth-order valence-electron chi connectivity index (χ4n) is 3.59. The first kappa shape index (κ1) is 19.9. The molecule has 0 saturated carbocycles. The van der Waals surface area contributed by atoms with Crippen LogP contribution in [0.25, 0.3) is 11.3 Å². The summed E-state index contributed by atoms with van der Waals surface area (Å²) in [5.41, 5.74) is 4.37. The van der Waals surface area contributed by atoms with E-state index in [4.69, 9.17) is 9.72 Å². The number of nitrogens with one attached hydrogen (secondary N) is 2. The molecule has 0 spiro atoms. The first-order chi connectivity index (χ1) is 14.5. The Kier molecular flexibility index (Phi) is 5.41. The van der Waals surface area contributed by atoms with Crippen LogP contribution in [-0.2, 0) is 0 Å². The average molecular weight is 423 g/mol. The minimum Gasteiger partial charge on any atom is -0.504 e. The molecule has 0 radical (unpaired) electrons. The number of aliphatic imine (C=N–C) groups is 1.